The van der Waals surface area contributed by atoms with E-state index in [-0.39, 0.29) is 52.7 Å². The number of hydrogen-bond acceptors (Lipinski definition) is 12. The average Bonchev–Trinajstić information content (AvgIpc) is 3.61. The number of carbonyl (C=O) groups excluding carboxylic acids is 2. The topological polar surface area (TPSA) is 211 Å². The number of benzene rings is 4. The molecule has 0 saturated heterocycles. The molecule has 0 aliphatic carbocycles. The van der Waals surface area contributed by atoms with Crippen molar-refractivity contribution in [3.8, 4) is 23.1 Å². The Morgan fingerprint density at radius 2 is 0.925 bits per heavy atom. The van der Waals surface area contributed by atoms with Crippen molar-refractivity contribution in [2.24, 2.45) is 20.5 Å². The van der Waals surface area contributed by atoms with Crippen LogP contribution >= 0.6 is 0 Å². The molecule has 53 heavy (non-hydrogen) atoms. The first-order chi connectivity index (χ1) is 25.0. The third-order valence-electron chi connectivity index (χ3n) is 7.94. The van der Waals surface area contributed by atoms with E-state index in [4.69, 9.17) is 0 Å². The summed E-state index contributed by atoms with van der Waals surface area (Å²) in [5.74, 6) is -3.52. The van der Waals surface area contributed by atoms with Gasteiger partial charge in [-0.3, -0.25) is 0 Å². The molecule has 0 N–H and O–H groups in total. The first-order valence-electron chi connectivity index (χ1n) is 16.2. The van der Waals surface area contributed by atoms with Crippen LogP contribution in [0.3, 0.4) is 0 Å². The zero-order chi connectivity index (χ0) is 37.4. The van der Waals surface area contributed by atoms with Gasteiger partial charge in [0.2, 0.25) is 0 Å². The van der Waals surface area contributed by atoms with Gasteiger partial charge in [0.1, 0.15) is 11.4 Å². The van der Waals surface area contributed by atoms with Gasteiger partial charge in [0.25, 0.3) is 0 Å². The normalized spacial score (nSPS) is 10.9. The second-order valence-electron chi connectivity index (χ2n) is 11.3. The fourth-order valence-corrected chi connectivity index (χ4v) is 5.26. The number of aromatic nitrogens is 4. The molecule has 15 heteroatoms. The number of carbonyl (C=O) groups is 2. The van der Waals surface area contributed by atoms with E-state index >= 15 is 0 Å². The maximum Gasteiger partial charge on any atom is 3.00 e. The summed E-state index contributed by atoms with van der Waals surface area (Å²) in [7, 11) is 0. The summed E-state index contributed by atoms with van der Waals surface area (Å²) in [5, 5.41) is 72.0. The molecule has 0 aliphatic heterocycles. The van der Waals surface area contributed by atoms with E-state index in [1.807, 2.05) is 62.4 Å². The van der Waals surface area contributed by atoms with Gasteiger partial charge in [0, 0.05) is 22.9 Å². The molecule has 2 heterocycles. The molecular weight excluding hydrogens is 716 g/mol. The molecule has 2 aromatic heterocycles. The van der Waals surface area contributed by atoms with Crippen molar-refractivity contribution in [2.45, 2.75) is 40.5 Å². The summed E-state index contributed by atoms with van der Waals surface area (Å²) in [6.45, 7) is 7.31. The van der Waals surface area contributed by atoms with Gasteiger partial charge in [-0.25, -0.2) is 9.36 Å². The van der Waals surface area contributed by atoms with Crippen molar-refractivity contribution < 1.29 is 48.8 Å². The van der Waals surface area contributed by atoms with Crippen molar-refractivity contribution in [3.05, 3.63) is 131 Å². The summed E-state index contributed by atoms with van der Waals surface area (Å²) in [4.78, 5) is 22.3. The fourth-order valence-electron chi connectivity index (χ4n) is 5.26. The predicted octanol–water partition coefficient (Wildman–Crippen LogP) is 5.30. The second-order valence-corrected chi connectivity index (χ2v) is 11.3. The number of azo groups is 2. The number of aryl methyl sites for hydroxylation is 4. The summed E-state index contributed by atoms with van der Waals surface area (Å²) in [5.41, 5.74) is 4.38. The van der Waals surface area contributed by atoms with E-state index in [0.29, 0.717) is 22.8 Å². The van der Waals surface area contributed by atoms with Crippen LogP contribution < -0.4 is 20.4 Å². The molecule has 0 amide bonds. The van der Waals surface area contributed by atoms with E-state index in [2.05, 4.69) is 30.7 Å². The Hall–Kier alpha value is -6.43. The Balaban J connectivity index is 0.000000280. The van der Waals surface area contributed by atoms with E-state index in [1.54, 1.807) is 38.1 Å². The van der Waals surface area contributed by atoms with Crippen LogP contribution in [0.1, 0.15) is 58.5 Å². The zero-order valence-electron chi connectivity index (χ0n) is 30.1. The predicted molar refractivity (Wildman–Crippen MR) is 185 cm³/mol. The molecule has 0 aliphatic rings. The summed E-state index contributed by atoms with van der Waals surface area (Å²) in [6, 6.07) is 27.1. The summed E-state index contributed by atoms with van der Waals surface area (Å²) >= 11 is 0. The third-order valence-corrected chi connectivity index (χ3v) is 7.94. The van der Waals surface area contributed by atoms with Crippen molar-refractivity contribution in [1.29, 1.82) is 0 Å². The molecule has 0 saturated carbocycles. The molecule has 0 bridgehead atoms. The molecular formula is C38H33CrN8O6. The van der Waals surface area contributed by atoms with Crippen LogP contribution in [0.5, 0.6) is 11.8 Å². The molecule has 0 spiro atoms. The number of aromatic carboxylic acids is 2. The third kappa shape index (κ3) is 8.73. The molecule has 0 unspecified atom stereocenters. The van der Waals surface area contributed by atoms with Crippen LogP contribution in [0, 0.1) is 13.8 Å². The van der Waals surface area contributed by atoms with Gasteiger partial charge in [-0.1, -0.05) is 86.6 Å². The van der Waals surface area contributed by atoms with E-state index in [1.165, 1.54) is 33.6 Å². The molecule has 4 aromatic carbocycles. The number of nitrogens with zero attached hydrogens (tertiary/aromatic N) is 8. The maximum atomic E-state index is 12.7. The van der Waals surface area contributed by atoms with Gasteiger partial charge < -0.3 is 30.0 Å². The molecule has 6 rings (SSSR count). The van der Waals surface area contributed by atoms with Crippen LogP contribution in [0.4, 0.5) is 22.7 Å². The van der Waals surface area contributed by atoms with Gasteiger partial charge in [-0.15, -0.1) is 20.5 Å². The number of rotatable bonds is 10. The van der Waals surface area contributed by atoms with Crippen molar-refractivity contribution >= 4 is 34.7 Å². The monoisotopic (exact) mass is 749 g/mol. The number of hydrogen-bond donors (Lipinski definition) is 0. The Kier molecular flexibility index (Phi) is 13.1. The van der Waals surface area contributed by atoms with E-state index < -0.39 is 23.7 Å². The van der Waals surface area contributed by atoms with Crippen LogP contribution in [0.15, 0.2) is 118 Å². The van der Waals surface area contributed by atoms with Crippen molar-refractivity contribution in [3.63, 3.8) is 0 Å². The quantitative estimate of drug-likeness (QED) is 0.167. The summed E-state index contributed by atoms with van der Waals surface area (Å²) in [6.07, 6.45) is 1.51. The smallest absolute Gasteiger partial charge is 0.857 e. The van der Waals surface area contributed by atoms with Gasteiger partial charge >= 0.3 is 18.8 Å². The SMILES string of the molecule is CCc1ccccc1-n1nc(C)c(N=Nc2ccccc2C(=O)[O-])c1[O-].CCc1ccccc1-n1nc(C)c(N=Nc2ccccc2C(=O)[O-])c1[O-].[Cr+3].[H+]. The van der Waals surface area contributed by atoms with Gasteiger partial charge in [0.05, 0.1) is 46.1 Å². The first kappa shape index (κ1) is 39.4. The minimum Gasteiger partial charge on any atom is -0.857 e. The van der Waals surface area contributed by atoms with Crippen molar-refractivity contribution in [1.82, 2.24) is 19.6 Å². The number of para-hydroxylation sites is 2. The first-order valence-corrected chi connectivity index (χ1v) is 16.2. The van der Waals surface area contributed by atoms with E-state index in [0.717, 1.165) is 24.0 Å². The van der Waals surface area contributed by atoms with Crippen LogP contribution in [0.2, 0.25) is 0 Å². The van der Waals surface area contributed by atoms with Gasteiger partial charge in [0.15, 0.2) is 0 Å². The standard InChI is InChI=1S/2C19H18N4O3.Cr/c2*1-3-13-8-4-7-11-16(13)23-18(24)17(12(2)22-23)21-20-15-10-6-5-9-14(15)19(25)26;/h2*4-11,24H,3H2,1-2H3,(H,25,26);/q;;+3/p-3. The average molecular weight is 750 g/mol. The Bertz CT molecular complexity index is 2160. The van der Waals surface area contributed by atoms with Crippen LogP contribution in [-0.4, -0.2) is 31.5 Å². The number of carboxylic acid groups (broad SMARTS) is 2. The molecule has 267 valence electrons. The summed E-state index contributed by atoms with van der Waals surface area (Å²) < 4.78 is 2.60. The van der Waals surface area contributed by atoms with Gasteiger partial charge in [-0.05, 0) is 62.1 Å². The Labute approximate surface area is 317 Å². The zero-order valence-corrected chi connectivity index (χ0v) is 30.4. The van der Waals surface area contributed by atoms with Crippen LogP contribution in [-0.2, 0) is 30.2 Å². The molecule has 0 fully saturated rings. The Morgan fingerprint density at radius 3 is 1.28 bits per heavy atom. The molecule has 1 radical (unpaired) electrons. The largest absolute Gasteiger partial charge is 3.00 e. The fraction of sp³-hybridized carbons (Fsp3) is 0.158. The Morgan fingerprint density at radius 1 is 0.585 bits per heavy atom. The maximum absolute atomic E-state index is 12.7. The minimum absolute atomic E-state index is 0. The second kappa shape index (κ2) is 17.7. The molecule has 0 atom stereocenters. The molecule has 6 aromatic rings. The van der Waals surface area contributed by atoms with Gasteiger partial charge in [-0.2, -0.15) is 10.2 Å². The minimum atomic E-state index is -1.36. The van der Waals surface area contributed by atoms with Crippen molar-refractivity contribution in [2.75, 3.05) is 0 Å². The van der Waals surface area contributed by atoms with E-state index in [9.17, 15) is 30.0 Å². The number of carboxylic acids is 2. The molecule has 14 nitrogen and oxygen atoms in total. The van der Waals surface area contributed by atoms with Crippen LogP contribution in [0.25, 0.3) is 11.4 Å².